The summed E-state index contributed by atoms with van der Waals surface area (Å²) in [6.07, 6.45) is 4.36. The first kappa shape index (κ1) is 15.7. The normalized spacial score (nSPS) is 31.5. The van der Waals surface area contributed by atoms with Crippen LogP contribution in [0.5, 0.6) is 0 Å². The first-order valence-corrected chi connectivity index (χ1v) is 7.83. The van der Waals surface area contributed by atoms with E-state index in [1.165, 1.54) is 0 Å². The predicted octanol–water partition coefficient (Wildman–Crippen LogP) is 3.52. The summed E-state index contributed by atoms with van der Waals surface area (Å²) < 4.78 is 0. The van der Waals surface area contributed by atoms with E-state index in [-0.39, 0.29) is 16.5 Å². The van der Waals surface area contributed by atoms with E-state index in [1.54, 1.807) is 0 Å². The van der Waals surface area contributed by atoms with Gasteiger partial charge in [-0.15, -0.1) is 0 Å². The molecule has 1 aliphatic heterocycles. The molecule has 3 heteroatoms. The van der Waals surface area contributed by atoms with Crippen molar-refractivity contribution in [2.75, 3.05) is 0 Å². The van der Waals surface area contributed by atoms with Crippen molar-refractivity contribution in [2.45, 2.75) is 90.8 Å². The second-order valence-electron chi connectivity index (χ2n) is 8.88. The van der Waals surface area contributed by atoms with Crippen LogP contribution in [0.25, 0.3) is 0 Å². The number of hydrogen-bond acceptors (Lipinski definition) is 3. The zero-order valence-electron chi connectivity index (χ0n) is 14.0. The fourth-order valence-corrected chi connectivity index (χ4v) is 4.21. The van der Waals surface area contributed by atoms with Gasteiger partial charge < -0.3 is 5.32 Å². The van der Waals surface area contributed by atoms with Crippen LogP contribution in [-0.4, -0.2) is 28.6 Å². The smallest absolute Gasteiger partial charge is 0.139 e. The maximum atomic E-state index is 11.9. The van der Waals surface area contributed by atoms with Gasteiger partial charge in [-0.1, -0.05) is 13.8 Å². The number of ketones is 1. The molecule has 2 rings (SSSR count). The molecule has 0 spiro atoms. The average molecular weight is 278 g/mol. The number of carbonyl (C=O) groups excluding carboxylic acids is 1. The molecule has 3 nitrogen and oxygen atoms in total. The summed E-state index contributed by atoms with van der Waals surface area (Å²) in [6.45, 7) is 13.3. The minimum absolute atomic E-state index is 0.0894. The number of piperidine rings is 1. The molecule has 0 aromatic heterocycles. The number of Topliss-reactive ketones (excluding diaryl/α,β-unsaturated/α-hetero) is 1. The zero-order valence-corrected chi connectivity index (χ0v) is 14.0. The molecular formula is C17H30N2O. The van der Waals surface area contributed by atoms with E-state index in [9.17, 15) is 4.79 Å². The van der Waals surface area contributed by atoms with Crippen LogP contribution >= 0.6 is 0 Å². The largest absolute Gasteiger partial charge is 0.307 e. The monoisotopic (exact) mass is 278 g/mol. The molecule has 1 aliphatic carbocycles. The van der Waals surface area contributed by atoms with E-state index in [0.717, 1.165) is 25.0 Å². The standard InChI is InChI=1S/C17H30N2O/c1-15(2)8-12(7-14(20)11-15)18-13-9-16(3,4)19-17(5,6)10-13/h13,19H,7-11H2,1-6H3. The van der Waals surface area contributed by atoms with Gasteiger partial charge >= 0.3 is 0 Å². The molecule has 1 saturated heterocycles. The van der Waals surface area contributed by atoms with Crippen LogP contribution in [0.2, 0.25) is 0 Å². The molecule has 2 aliphatic rings. The molecular weight excluding hydrogens is 248 g/mol. The Kier molecular flexibility index (Phi) is 3.87. The van der Waals surface area contributed by atoms with Crippen molar-refractivity contribution in [3.63, 3.8) is 0 Å². The molecule has 20 heavy (non-hydrogen) atoms. The van der Waals surface area contributed by atoms with Gasteiger partial charge in [0.25, 0.3) is 0 Å². The van der Waals surface area contributed by atoms with Crippen molar-refractivity contribution in [1.29, 1.82) is 0 Å². The molecule has 2 fully saturated rings. The number of aliphatic imine (C=N–C) groups is 1. The summed E-state index contributed by atoms with van der Waals surface area (Å²) in [5, 5.41) is 3.69. The van der Waals surface area contributed by atoms with Crippen LogP contribution in [0.4, 0.5) is 0 Å². The molecule has 114 valence electrons. The lowest BCUT2D eigenvalue weighted by Crippen LogP contribution is -2.59. The minimum Gasteiger partial charge on any atom is -0.307 e. The topological polar surface area (TPSA) is 41.5 Å². The Morgan fingerprint density at radius 2 is 1.55 bits per heavy atom. The van der Waals surface area contributed by atoms with Crippen molar-refractivity contribution >= 4 is 11.5 Å². The molecule has 0 bridgehead atoms. The second-order valence-corrected chi connectivity index (χ2v) is 8.88. The van der Waals surface area contributed by atoms with Gasteiger partial charge in [0, 0.05) is 29.6 Å². The summed E-state index contributed by atoms with van der Waals surface area (Å²) in [7, 11) is 0. The summed E-state index contributed by atoms with van der Waals surface area (Å²) >= 11 is 0. The Balaban J connectivity index is 2.15. The maximum absolute atomic E-state index is 11.9. The number of nitrogens with one attached hydrogen (secondary N) is 1. The third-order valence-electron chi connectivity index (χ3n) is 4.29. The van der Waals surface area contributed by atoms with Gasteiger partial charge in [0.05, 0.1) is 6.04 Å². The molecule has 1 N–H and O–H groups in total. The van der Waals surface area contributed by atoms with Crippen LogP contribution in [0.1, 0.15) is 73.6 Å². The molecule has 0 aromatic rings. The minimum atomic E-state index is 0.0894. The molecule has 1 heterocycles. The van der Waals surface area contributed by atoms with Gasteiger partial charge in [-0.25, -0.2) is 0 Å². The van der Waals surface area contributed by atoms with E-state index in [4.69, 9.17) is 4.99 Å². The van der Waals surface area contributed by atoms with Crippen LogP contribution in [0.15, 0.2) is 4.99 Å². The van der Waals surface area contributed by atoms with Gasteiger partial charge in [0.15, 0.2) is 0 Å². The fraction of sp³-hybridized carbons (Fsp3) is 0.882. The van der Waals surface area contributed by atoms with Crippen LogP contribution in [0, 0.1) is 5.41 Å². The van der Waals surface area contributed by atoms with Gasteiger partial charge in [0.1, 0.15) is 5.78 Å². The van der Waals surface area contributed by atoms with Gasteiger partial charge in [-0.05, 0) is 52.4 Å². The summed E-state index contributed by atoms with van der Waals surface area (Å²) in [6, 6.07) is 0.345. The lowest BCUT2D eigenvalue weighted by Gasteiger charge is -2.45. The number of carbonyl (C=O) groups is 1. The van der Waals surface area contributed by atoms with Crippen LogP contribution < -0.4 is 5.32 Å². The van der Waals surface area contributed by atoms with Crippen molar-refractivity contribution in [3.05, 3.63) is 0 Å². The third-order valence-corrected chi connectivity index (χ3v) is 4.29. The highest BCUT2D eigenvalue weighted by molar-refractivity contribution is 6.04. The van der Waals surface area contributed by atoms with Crippen molar-refractivity contribution < 1.29 is 4.79 Å². The molecule has 0 amide bonds. The van der Waals surface area contributed by atoms with E-state index in [1.807, 2.05) is 0 Å². The van der Waals surface area contributed by atoms with E-state index in [0.29, 0.717) is 24.7 Å². The van der Waals surface area contributed by atoms with Gasteiger partial charge in [-0.2, -0.15) is 0 Å². The summed E-state index contributed by atoms with van der Waals surface area (Å²) in [4.78, 5) is 16.9. The van der Waals surface area contributed by atoms with Gasteiger partial charge in [-0.3, -0.25) is 9.79 Å². The van der Waals surface area contributed by atoms with E-state index < -0.39 is 0 Å². The lowest BCUT2D eigenvalue weighted by molar-refractivity contribution is -0.120. The summed E-state index contributed by atoms with van der Waals surface area (Å²) in [5.41, 5.74) is 1.45. The maximum Gasteiger partial charge on any atom is 0.139 e. The average Bonchev–Trinajstić information content (AvgIpc) is 2.06. The summed E-state index contributed by atoms with van der Waals surface area (Å²) in [5.74, 6) is 0.354. The molecule has 1 saturated carbocycles. The number of nitrogens with zero attached hydrogens (tertiary/aromatic N) is 1. The Bertz CT molecular complexity index is 416. The highest BCUT2D eigenvalue weighted by Crippen LogP contribution is 2.34. The van der Waals surface area contributed by atoms with E-state index in [2.05, 4.69) is 46.9 Å². The SMILES string of the molecule is CC1(C)CC(=O)CC(=NC2CC(C)(C)NC(C)(C)C2)C1. The fourth-order valence-electron chi connectivity index (χ4n) is 4.21. The third kappa shape index (κ3) is 4.15. The highest BCUT2D eigenvalue weighted by Gasteiger charge is 2.38. The van der Waals surface area contributed by atoms with Crippen molar-refractivity contribution in [1.82, 2.24) is 5.32 Å². The molecule has 0 atom stereocenters. The molecule has 0 radical (unpaired) electrons. The Morgan fingerprint density at radius 1 is 1.00 bits per heavy atom. The van der Waals surface area contributed by atoms with E-state index >= 15 is 0 Å². The highest BCUT2D eigenvalue weighted by atomic mass is 16.1. The first-order chi connectivity index (χ1) is 8.96. The lowest BCUT2D eigenvalue weighted by atomic mass is 9.75. The first-order valence-electron chi connectivity index (χ1n) is 7.83. The molecule has 0 aromatic carbocycles. The quantitative estimate of drug-likeness (QED) is 0.797. The second kappa shape index (κ2) is 4.94. The Hall–Kier alpha value is -0.700. The van der Waals surface area contributed by atoms with Crippen LogP contribution in [-0.2, 0) is 4.79 Å². The number of hydrogen-bond donors (Lipinski definition) is 1. The number of rotatable bonds is 1. The zero-order chi connectivity index (χ0) is 15.2. The van der Waals surface area contributed by atoms with Crippen molar-refractivity contribution in [3.8, 4) is 0 Å². The van der Waals surface area contributed by atoms with Crippen molar-refractivity contribution in [2.24, 2.45) is 10.4 Å². The van der Waals surface area contributed by atoms with Gasteiger partial charge in [0.2, 0.25) is 0 Å². The van der Waals surface area contributed by atoms with Crippen LogP contribution in [0.3, 0.4) is 0 Å². The molecule has 0 unspecified atom stereocenters. The Labute approximate surface area is 123 Å². The Morgan fingerprint density at radius 3 is 2.05 bits per heavy atom. The predicted molar refractivity (Wildman–Crippen MR) is 84.4 cm³/mol.